The number of hydrogen-bond donors (Lipinski definition) is 0. The van der Waals surface area contributed by atoms with Crippen LogP contribution in [0.4, 0.5) is 0 Å². The second kappa shape index (κ2) is 14.0. The molecular weight excluding hydrogens is 656 g/mol. The summed E-state index contributed by atoms with van der Waals surface area (Å²) < 4.78 is 7.21. The minimum absolute atomic E-state index is 0. The van der Waals surface area contributed by atoms with Gasteiger partial charge in [0.05, 0.1) is 23.0 Å². The highest BCUT2D eigenvalue weighted by Gasteiger charge is 2.46. The first-order valence-corrected chi connectivity index (χ1v) is 19.6. The van der Waals surface area contributed by atoms with Crippen molar-refractivity contribution in [1.29, 1.82) is 0 Å². The number of hydrogen-bond acceptors (Lipinski definition) is 3. The molecule has 0 amide bonds. The smallest absolute Gasteiger partial charge is 0.192 e. The van der Waals surface area contributed by atoms with Gasteiger partial charge in [0.2, 0.25) is 0 Å². The van der Waals surface area contributed by atoms with E-state index in [-0.39, 0.29) is 35.1 Å². The van der Waals surface area contributed by atoms with Gasteiger partial charge in [-0.2, -0.15) is 0 Å². The maximum absolute atomic E-state index is 7.21. The molecule has 0 fully saturated rings. The van der Waals surface area contributed by atoms with E-state index in [0.717, 1.165) is 23.3 Å². The quantitative estimate of drug-likeness (QED) is 0.122. The van der Waals surface area contributed by atoms with Crippen LogP contribution in [-0.4, -0.2) is 25.6 Å². The number of nitrogens with zero attached hydrogens (tertiary/aromatic N) is 1. The van der Waals surface area contributed by atoms with Gasteiger partial charge in [-0.05, 0) is 80.0 Å². The summed E-state index contributed by atoms with van der Waals surface area (Å²) in [4.78, 5) is 4.73. The van der Waals surface area contributed by atoms with Crippen molar-refractivity contribution in [3.05, 3.63) is 113 Å². The van der Waals surface area contributed by atoms with Gasteiger partial charge >= 0.3 is 0 Å². The summed E-state index contributed by atoms with van der Waals surface area (Å²) in [6, 6.07) is 33.5. The predicted octanol–water partition coefficient (Wildman–Crippen LogP) is 5.63. The molecule has 0 N–H and O–H groups in total. The average Bonchev–Trinajstić information content (AvgIpc) is 3.33. The van der Waals surface area contributed by atoms with E-state index >= 15 is 0 Å². The van der Waals surface area contributed by atoms with Gasteiger partial charge < -0.3 is 28.4 Å². The molecule has 0 bridgehead atoms. The van der Waals surface area contributed by atoms with Gasteiger partial charge in [-0.1, -0.05) is 75.4 Å². The highest BCUT2D eigenvalue weighted by molar-refractivity contribution is 7.95. The molecule has 2 nitrogen and oxygen atoms in total. The Labute approximate surface area is 264 Å². The number of aryl methyl sites for hydroxylation is 1. The van der Waals surface area contributed by atoms with E-state index in [2.05, 4.69) is 150 Å². The average molecular weight is 700 g/mol. The first-order chi connectivity index (χ1) is 18.5. The number of aromatic nitrogens is 1. The normalized spacial score (nSPS) is 13.5. The molecule has 0 spiro atoms. The fourth-order valence-corrected chi connectivity index (χ4v) is 11.2. The van der Waals surface area contributed by atoms with E-state index in [0.29, 0.717) is 0 Å². The van der Waals surface area contributed by atoms with Crippen LogP contribution in [0.15, 0.2) is 102 Å². The molecule has 3 aromatic carbocycles. The number of thiazole rings is 1. The van der Waals surface area contributed by atoms with Crippen molar-refractivity contribution in [3.63, 3.8) is 0 Å². The topological polar surface area (TPSA) is 22.1 Å². The van der Waals surface area contributed by atoms with Crippen LogP contribution in [0.3, 0.4) is 0 Å². The summed E-state index contributed by atoms with van der Waals surface area (Å²) in [5, 5.41) is 7.64. The monoisotopic (exact) mass is 699 g/mol. The van der Waals surface area contributed by atoms with Crippen LogP contribution in [0.5, 0.6) is 0 Å². The fourth-order valence-electron chi connectivity index (χ4n) is 4.88. The van der Waals surface area contributed by atoms with Crippen LogP contribution in [0.25, 0.3) is 6.08 Å². The van der Waals surface area contributed by atoms with E-state index in [1.54, 1.807) is 11.3 Å². The van der Waals surface area contributed by atoms with E-state index in [1.807, 2.05) is 0 Å². The van der Waals surface area contributed by atoms with Crippen LogP contribution < -0.4 is 39.9 Å². The lowest BCUT2D eigenvalue weighted by atomic mass is 10.1. The van der Waals surface area contributed by atoms with Gasteiger partial charge in [0.15, 0.2) is 8.32 Å². The summed E-state index contributed by atoms with van der Waals surface area (Å²) in [5.74, 6) is 0. The summed E-state index contributed by atoms with van der Waals surface area (Å²) in [5.41, 5.74) is 2.30. The molecule has 0 radical (unpaired) electrons. The Balaban J connectivity index is 0.00000441. The lowest BCUT2D eigenvalue weighted by Crippen LogP contribution is -3.00. The highest BCUT2D eigenvalue weighted by Crippen LogP contribution is 2.56. The standard InChI is InChI=1S/C34H43NOPSSi.HI/c1-27(25-29-26-38-28(2)35-29)33(36-39(6,7)34(3,4)5)23-24-37(30-17-11-8-12-18-30,31-19-13-9-14-20-31)32-21-15-10-16-22-32;/h8-22,25-26,33H,23-24H2,1-7H3;1H/q+1;/p-1/b27-25+;/t33-;/m0./s1. The Kier molecular flexibility index (Phi) is 11.5. The van der Waals surface area contributed by atoms with Gasteiger partial charge in [0.25, 0.3) is 0 Å². The molecule has 0 saturated heterocycles. The molecule has 0 aliphatic heterocycles. The van der Waals surface area contributed by atoms with Crippen LogP contribution >= 0.6 is 18.6 Å². The Morgan fingerprint density at radius 2 is 1.32 bits per heavy atom. The van der Waals surface area contributed by atoms with Crippen LogP contribution in [0.2, 0.25) is 18.1 Å². The Hall–Kier alpha value is -1.63. The molecule has 4 rings (SSSR count). The minimum atomic E-state index is -2.02. The van der Waals surface area contributed by atoms with Gasteiger partial charge in [-0.3, -0.25) is 0 Å². The third-order valence-corrected chi connectivity index (χ3v) is 17.8. The third-order valence-electron chi connectivity index (χ3n) is 8.08. The SMILES string of the molecule is C/C(=C\c1csc(C)n1)[C@H](CC[P+](c1ccccc1)(c1ccccc1)c1ccccc1)O[Si](C)(C)C(C)(C)C.[I-]. The van der Waals surface area contributed by atoms with Crippen LogP contribution in [0, 0.1) is 6.92 Å². The van der Waals surface area contributed by atoms with Crippen molar-refractivity contribution < 1.29 is 28.4 Å². The van der Waals surface area contributed by atoms with Gasteiger partial charge in [0.1, 0.15) is 23.2 Å². The van der Waals surface area contributed by atoms with Crippen molar-refractivity contribution >= 4 is 48.9 Å². The first-order valence-electron chi connectivity index (χ1n) is 13.9. The maximum Gasteiger partial charge on any atom is 0.192 e. The van der Waals surface area contributed by atoms with Crippen molar-refractivity contribution in [2.45, 2.75) is 65.3 Å². The second-order valence-electron chi connectivity index (χ2n) is 11.9. The number of benzene rings is 3. The zero-order valence-corrected chi connectivity index (χ0v) is 29.8. The van der Waals surface area contributed by atoms with Crippen molar-refractivity contribution in [2.24, 2.45) is 0 Å². The molecule has 0 unspecified atom stereocenters. The van der Waals surface area contributed by atoms with E-state index in [1.165, 1.54) is 21.5 Å². The van der Waals surface area contributed by atoms with Crippen LogP contribution in [0.1, 0.15) is 44.8 Å². The minimum Gasteiger partial charge on any atom is -1.00 e. The number of halogens is 1. The van der Waals surface area contributed by atoms with E-state index in [9.17, 15) is 0 Å². The summed E-state index contributed by atoms with van der Waals surface area (Å²) in [6.07, 6.45) is 4.26. The largest absolute Gasteiger partial charge is 1.00 e. The molecule has 0 saturated carbocycles. The second-order valence-corrected chi connectivity index (χ2v) is 21.3. The molecule has 1 atom stereocenters. The first kappa shape index (κ1) is 32.9. The lowest BCUT2D eigenvalue weighted by Gasteiger charge is -2.40. The van der Waals surface area contributed by atoms with E-state index in [4.69, 9.17) is 9.41 Å². The maximum atomic E-state index is 7.21. The Morgan fingerprint density at radius 1 is 0.875 bits per heavy atom. The highest BCUT2D eigenvalue weighted by atomic mass is 127. The molecule has 1 heterocycles. The Morgan fingerprint density at radius 3 is 1.70 bits per heavy atom. The summed E-state index contributed by atoms with van der Waals surface area (Å²) in [7, 11) is -3.96. The third kappa shape index (κ3) is 7.60. The van der Waals surface area contributed by atoms with Crippen molar-refractivity contribution in [2.75, 3.05) is 6.16 Å². The summed E-state index contributed by atoms with van der Waals surface area (Å²) in [6.45, 7) is 16.0. The molecule has 40 heavy (non-hydrogen) atoms. The fraction of sp³-hybridized carbons (Fsp3) is 0.324. The lowest BCUT2D eigenvalue weighted by molar-refractivity contribution is -0.00000932. The molecule has 1 aromatic heterocycles. The zero-order chi connectivity index (χ0) is 28.1. The molecular formula is C34H43INOPSSi. The van der Waals surface area contributed by atoms with Crippen molar-refractivity contribution in [3.8, 4) is 0 Å². The Bertz CT molecular complexity index is 1270. The molecule has 212 valence electrons. The molecule has 0 aliphatic rings. The molecule has 6 heteroatoms. The van der Waals surface area contributed by atoms with Crippen molar-refractivity contribution in [1.82, 2.24) is 4.98 Å². The van der Waals surface area contributed by atoms with Gasteiger partial charge in [0, 0.05) is 11.8 Å². The number of rotatable bonds is 10. The van der Waals surface area contributed by atoms with E-state index < -0.39 is 15.6 Å². The summed E-state index contributed by atoms with van der Waals surface area (Å²) >= 11 is 1.70. The molecule has 0 aliphatic carbocycles. The van der Waals surface area contributed by atoms with Gasteiger partial charge in [-0.25, -0.2) is 4.98 Å². The predicted molar refractivity (Wildman–Crippen MR) is 177 cm³/mol. The molecule has 4 aromatic rings. The van der Waals surface area contributed by atoms with Crippen LogP contribution in [-0.2, 0) is 4.43 Å². The van der Waals surface area contributed by atoms with Gasteiger partial charge in [-0.15, -0.1) is 11.3 Å². The zero-order valence-electron chi connectivity index (χ0n) is 24.9.